The normalized spacial score (nSPS) is 16.3. The van der Waals surface area contributed by atoms with E-state index >= 15 is 0 Å². The molecule has 1 N–H and O–H groups in total. The number of anilines is 1. The molecular formula is C23H16ClF3N2O2. The molecule has 1 aliphatic heterocycles. The molecule has 1 heterocycles. The fourth-order valence-electron chi connectivity index (χ4n) is 3.73. The molecule has 0 radical (unpaired) electrons. The fraction of sp³-hybridized carbons (Fsp3) is 0.130. The molecule has 0 fully saturated rings. The average molecular weight is 445 g/mol. The van der Waals surface area contributed by atoms with Gasteiger partial charge in [0.2, 0.25) is 5.91 Å². The Balaban J connectivity index is 1.91. The van der Waals surface area contributed by atoms with Crippen LogP contribution < -0.4 is 5.32 Å². The van der Waals surface area contributed by atoms with Gasteiger partial charge in [-0.3, -0.25) is 9.59 Å². The molecule has 0 saturated carbocycles. The zero-order valence-electron chi connectivity index (χ0n) is 16.0. The maximum Gasteiger partial charge on any atom is 0.417 e. The maximum absolute atomic E-state index is 13.6. The van der Waals surface area contributed by atoms with Crippen LogP contribution in [0.15, 0.2) is 72.8 Å². The smallest absolute Gasteiger partial charge is 0.324 e. The number of amides is 2. The van der Waals surface area contributed by atoms with Crippen molar-refractivity contribution in [2.45, 2.75) is 12.2 Å². The highest BCUT2D eigenvalue weighted by atomic mass is 35.5. The van der Waals surface area contributed by atoms with E-state index in [1.165, 1.54) is 12.1 Å². The van der Waals surface area contributed by atoms with Crippen LogP contribution in [0.4, 0.5) is 18.9 Å². The first-order valence-corrected chi connectivity index (χ1v) is 9.75. The molecule has 0 saturated heterocycles. The Morgan fingerprint density at radius 3 is 2.39 bits per heavy atom. The van der Waals surface area contributed by atoms with Crippen LogP contribution in [0.25, 0.3) is 0 Å². The van der Waals surface area contributed by atoms with Crippen LogP contribution in [-0.2, 0) is 11.0 Å². The van der Waals surface area contributed by atoms with E-state index in [1.807, 2.05) is 0 Å². The van der Waals surface area contributed by atoms with Crippen molar-refractivity contribution in [1.82, 2.24) is 4.90 Å². The minimum atomic E-state index is -4.72. The number of fused-ring (bicyclic) bond motifs is 1. The van der Waals surface area contributed by atoms with Gasteiger partial charge in [-0.05, 0) is 35.9 Å². The molecule has 1 aliphatic rings. The van der Waals surface area contributed by atoms with E-state index in [0.717, 1.165) is 17.0 Å². The molecule has 0 bridgehead atoms. The van der Waals surface area contributed by atoms with E-state index in [4.69, 9.17) is 11.6 Å². The van der Waals surface area contributed by atoms with E-state index in [0.29, 0.717) is 21.8 Å². The second-order valence-corrected chi connectivity index (χ2v) is 7.51. The Bertz CT molecular complexity index is 1150. The number of nitrogens with one attached hydrogen (secondary N) is 1. The van der Waals surface area contributed by atoms with Crippen LogP contribution in [-0.4, -0.2) is 23.3 Å². The van der Waals surface area contributed by atoms with E-state index in [1.54, 1.807) is 48.5 Å². The third-order valence-corrected chi connectivity index (χ3v) is 5.28. The van der Waals surface area contributed by atoms with E-state index in [-0.39, 0.29) is 0 Å². The number of alkyl halides is 3. The van der Waals surface area contributed by atoms with Crippen molar-refractivity contribution < 1.29 is 22.8 Å². The molecule has 0 aliphatic carbocycles. The van der Waals surface area contributed by atoms with Gasteiger partial charge in [0.15, 0.2) is 0 Å². The van der Waals surface area contributed by atoms with Crippen LogP contribution in [0, 0.1) is 0 Å². The number of hydrogen-bond acceptors (Lipinski definition) is 2. The molecule has 4 nitrogen and oxygen atoms in total. The lowest BCUT2D eigenvalue weighted by molar-refractivity contribution is -0.138. The molecule has 1 atom stereocenters. The number of carbonyl (C=O) groups is 2. The lowest BCUT2D eigenvalue weighted by Crippen LogP contribution is -2.39. The van der Waals surface area contributed by atoms with Gasteiger partial charge in [-0.25, -0.2) is 0 Å². The van der Waals surface area contributed by atoms with Gasteiger partial charge in [0, 0.05) is 16.3 Å². The molecule has 0 aromatic heterocycles. The highest BCUT2D eigenvalue weighted by Gasteiger charge is 2.39. The maximum atomic E-state index is 13.6. The van der Waals surface area contributed by atoms with Gasteiger partial charge in [-0.1, -0.05) is 54.1 Å². The van der Waals surface area contributed by atoms with Crippen molar-refractivity contribution in [3.05, 3.63) is 100 Å². The highest BCUT2D eigenvalue weighted by Crippen LogP contribution is 2.39. The predicted molar refractivity (Wildman–Crippen MR) is 111 cm³/mol. The van der Waals surface area contributed by atoms with Crippen molar-refractivity contribution in [3.63, 3.8) is 0 Å². The lowest BCUT2D eigenvalue weighted by atomic mass is 9.94. The van der Waals surface area contributed by atoms with Gasteiger partial charge in [0.25, 0.3) is 5.91 Å². The SMILES string of the molecule is O=C1CN(C(=O)c2ccccc2C(F)(F)F)[C@@H](c2ccccc2)c2cc(Cl)ccc2N1. The van der Waals surface area contributed by atoms with Crippen molar-refractivity contribution >= 4 is 29.1 Å². The topological polar surface area (TPSA) is 49.4 Å². The summed E-state index contributed by atoms with van der Waals surface area (Å²) in [5, 5.41) is 3.09. The van der Waals surface area contributed by atoms with Crippen molar-refractivity contribution in [3.8, 4) is 0 Å². The minimum absolute atomic E-state index is 0.374. The first-order chi connectivity index (χ1) is 14.8. The molecule has 0 unspecified atom stereocenters. The number of hydrogen-bond donors (Lipinski definition) is 1. The summed E-state index contributed by atoms with van der Waals surface area (Å²) in [5.41, 5.74) is 0.0300. The van der Waals surface area contributed by atoms with Gasteiger partial charge in [0.05, 0.1) is 17.2 Å². The van der Waals surface area contributed by atoms with E-state index in [2.05, 4.69) is 5.32 Å². The predicted octanol–water partition coefficient (Wildman–Crippen LogP) is 5.54. The van der Waals surface area contributed by atoms with Crippen LogP contribution in [0.1, 0.15) is 33.1 Å². The largest absolute Gasteiger partial charge is 0.417 e. The molecule has 2 amide bonds. The van der Waals surface area contributed by atoms with Crippen LogP contribution in [0.2, 0.25) is 5.02 Å². The number of nitrogens with zero attached hydrogens (tertiary/aromatic N) is 1. The van der Waals surface area contributed by atoms with Crippen molar-refractivity contribution in [2.24, 2.45) is 0 Å². The Labute approximate surface area is 181 Å². The molecule has 8 heteroatoms. The molecular weight excluding hydrogens is 429 g/mol. The van der Waals surface area contributed by atoms with E-state index < -0.39 is 41.7 Å². The number of benzene rings is 3. The Morgan fingerprint density at radius 2 is 1.68 bits per heavy atom. The summed E-state index contributed by atoms with van der Waals surface area (Å²) >= 11 is 6.18. The second-order valence-electron chi connectivity index (χ2n) is 7.07. The third kappa shape index (κ3) is 4.14. The van der Waals surface area contributed by atoms with Crippen LogP contribution >= 0.6 is 11.6 Å². The monoisotopic (exact) mass is 444 g/mol. The minimum Gasteiger partial charge on any atom is -0.324 e. The average Bonchev–Trinajstić information content (AvgIpc) is 2.89. The summed E-state index contributed by atoms with van der Waals surface area (Å²) in [5.74, 6) is -1.41. The first-order valence-electron chi connectivity index (χ1n) is 9.37. The van der Waals surface area contributed by atoms with Gasteiger partial charge in [-0.15, -0.1) is 0 Å². The quantitative estimate of drug-likeness (QED) is 0.564. The van der Waals surface area contributed by atoms with Gasteiger partial charge in [0.1, 0.15) is 6.54 Å². The molecule has 0 spiro atoms. The summed E-state index contributed by atoms with van der Waals surface area (Å²) in [4.78, 5) is 27.2. The summed E-state index contributed by atoms with van der Waals surface area (Å²) in [6.45, 7) is -0.420. The van der Waals surface area contributed by atoms with Crippen molar-refractivity contribution in [2.75, 3.05) is 11.9 Å². The van der Waals surface area contributed by atoms with Gasteiger partial charge >= 0.3 is 6.18 Å². The number of rotatable bonds is 2. The zero-order chi connectivity index (χ0) is 22.2. The lowest BCUT2D eigenvalue weighted by Gasteiger charge is -2.31. The molecule has 3 aromatic carbocycles. The van der Waals surface area contributed by atoms with Gasteiger partial charge in [-0.2, -0.15) is 13.2 Å². The van der Waals surface area contributed by atoms with E-state index in [9.17, 15) is 22.8 Å². The van der Waals surface area contributed by atoms with Crippen LogP contribution in [0.3, 0.4) is 0 Å². The van der Waals surface area contributed by atoms with Gasteiger partial charge < -0.3 is 10.2 Å². The Kier molecular flexibility index (Phi) is 5.45. The number of carbonyl (C=O) groups excluding carboxylic acids is 2. The summed E-state index contributed by atoms with van der Waals surface area (Å²) in [6, 6.07) is 17.4. The molecule has 158 valence electrons. The summed E-state index contributed by atoms with van der Waals surface area (Å²) in [7, 11) is 0. The highest BCUT2D eigenvalue weighted by molar-refractivity contribution is 6.30. The van der Waals surface area contributed by atoms with Crippen LogP contribution in [0.5, 0.6) is 0 Å². The molecule has 31 heavy (non-hydrogen) atoms. The van der Waals surface area contributed by atoms with Crippen molar-refractivity contribution in [1.29, 1.82) is 0 Å². The standard InChI is InChI=1S/C23H16ClF3N2O2/c24-15-10-11-19-17(12-15)21(14-6-2-1-3-7-14)29(13-20(30)28-19)22(31)16-8-4-5-9-18(16)23(25,26)27/h1-12,21H,13H2,(H,28,30)/t21-/m0/s1. The Morgan fingerprint density at radius 1 is 1.00 bits per heavy atom. The third-order valence-electron chi connectivity index (χ3n) is 5.05. The number of halogens is 4. The second kappa shape index (κ2) is 8.07. The zero-order valence-corrected chi connectivity index (χ0v) is 16.7. The summed E-state index contributed by atoms with van der Waals surface area (Å²) in [6.07, 6.45) is -4.72. The fourth-order valence-corrected chi connectivity index (χ4v) is 3.91. The molecule has 3 aromatic rings. The Hall–Kier alpha value is -3.32. The summed E-state index contributed by atoms with van der Waals surface area (Å²) < 4.78 is 40.7. The first kappa shape index (κ1) is 20.9. The molecule has 4 rings (SSSR count).